The van der Waals surface area contributed by atoms with Crippen LogP contribution in [-0.2, 0) is 4.79 Å². The molecule has 0 saturated heterocycles. The van der Waals surface area contributed by atoms with Gasteiger partial charge in [0.1, 0.15) is 24.7 Å². The Bertz CT molecular complexity index is 896. The van der Waals surface area contributed by atoms with Crippen molar-refractivity contribution in [3.05, 3.63) is 63.5 Å². The number of halogens is 1. The van der Waals surface area contributed by atoms with Gasteiger partial charge in [0.2, 0.25) is 0 Å². The van der Waals surface area contributed by atoms with Crippen molar-refractivity contribution >= 4 is 40.5 Å². The number of nitrogens with two attached hydrogens (primary N) is 1. The summed E-state index contributed by atoms with van der Waals surface area (Å²) >= 11 is 7.20. The summed E-state index contributed by atoms with van der Waals surface area (Å²) in [5.41, 5.74) is 7.34. The van der Waals surface area contributed by atoms with Gasteiger partial charge < -0.3 is 15.2 Å². The van der Waals surface area contributed by atoms with Gasteiger partial charge in [0.15, 0.2) is 5.17 Å². The Kier molecular flexibility index (Phi) is 5.85. The molecule has 0 fully saturated rings. The van der Waals surface area contributed by atoms with Crippen molar-refractivity contribution in [2.45, 2.75) is 6.92 Å². The third kappa shape index (κ3) is 4.59. The molecular weight excluding hydrogens is 372 g/mol. The maximum atomic E-state index is 11.8. The average molecular weight is 389 g/mol. The van der Waals surface area contributed by atoms with E-state index in [0.29, 0.717) is 34.5 Å². The molecule has 1 amide bonds. The van der Waals surface area contributed by atoms with Gasteiger partial charge in [-0.3, -0.25) is 4.79 Å². The van der Waals surface area contributed by atoms with E-state index in [0.717, 1.165) is 23.1 Å². The minimum absolute atomic E-state index is 0.234. The molecule has 7 heteroatoms. The summed E-state index contributed by atoms with van der Waals surface area (Å²) in [5, 5.41) is 0.780. The van der Waals surface area contributed by atoms with E-state index in [1.165, 1.54) is 0 Å². The molecule has 0 spiro atoms. The van der Waals surface area contributed by atoms with Gasteiger partial charge in [0, 0.05) is 10.6 Å². The van der Waals surface area contributed by atoms with Crippen LogP contribution < -0.4 is 15.2 Å². The minimum Gasteiger partial charge on any atom is -0.490 e. The molecule has 2 N–H and O–H groups in total. The Hall–Kier alpha value is -2.44. The molecule has 1 aliphatic heterocycles. The Morgan fingerprint density at radius 3 is 2.58 bits per heavy atom. The van der Waals surface area contributed by atoms with Gasteiger partial charge >= 0.3 is 0 Å². The first-order chi connectivity index (χ1) is 12.5. The standard InChI is InChI=1S/C19H17ClN2O3S/c1-12-4-2-3-5-15(12)24-8-9-25-16-7-6-14(20)10-13(16)11-17-18(23)22-19(21)26-17/h2-7,10-11H,8-9H2,1H3,(H2,21,22,23). The highest BCUT2D eigenvalue weighted by atomic mass is 35.5. The molecule has 0 aromatic heterocycles. The van der Waals surface area contributed by atoms with Crippen molar-refractivity contribution in [1.29, 1.82) is 0 Å². The fraction of sp³-hybridized carbons (Fsp3) is 0.158. The fourth-order valence-electron chi connectivity index (χ4n) is 2.35. The number of hydrogen-bond donors (Lipinski definition) is 1. The van der Waals surface area contributed by atoms with Crippen LogP contribution >= 0.6 is 23.4 Å². The molecule has 0 saturated carbocycles. The number of carbonyl (C=O) groups is 1. The van der Waals surface area contributed by atoms with Crippen molar-refractivity contribution in [2.75, 3.05) is 13.2 Å². The van der Waals surface area contributed by atoms with E-state index in [2.05, 4.69) is 4.99 Å². The van der Waals surface area contributed by atoms with Crippen LogP contribution in [0.5, 0.6) is 11.5 Å². The van der Waals surface area contributed by atoms with E-state index in [4.69, 9.17) is 26.8 Å². The SMILES string of the molecule is Cc1ccccc1OCCOc1ccc(Cl)cc1C=C1SC(N)=NC1=O. The molecule has 0 aliphatic carbocycles. The molecule has 0 atom stereocenters. The van der Waals surface area contributed by atoms with E-state index >= 15 is 0 Å². The maximum absolute atomic E-state index is 11.8. The maximum Gasteiger partial charge on any atom is 0.286 e. The first kappa shape index (κ1) is 18.4. The fourth-order valence-corrected chi connectivity index (χ4v) is 3.21. The third-order valence-corrected chi connectivity index (χ3v) is 4.64. The largest absolute Gasteiger partial charge is 0.490 e. The molecule has 2 aromatic rings. The molecule has 1 heterocycles. The second kappa shape index (κ2) is 8.29. The number of carbonyl (C=O) groups excluding carboxylic acids is 1. The van der Waals surface area contributed by atoms with Crippen molar-refractivity contribution < 1.29 is 14.3 Å². The number of amides is 1. The number of hydrogen-bond acceptors (Lipinski definition) is 5. The van der Waals surface area contributed by atoms with Crippen molar-refractivity contribution in [3.63, 3.8) is 0 Å². The van der Waals surface area contributed by atoms with Crippen LogP contribution in [0.25, 0.3) is 6.08 Å². The van der Waals surface area contributed by atoms with Crippen molar-refractivity contribution in [1.82, 2.24) is 0 Å². The van der Waals surface area contributed by atoms with Gasteiger partial charge in [-0.15, -0.1) is 0 Å². The van der Waals surface area contributed by atoms with Crippen LogP contribution in [-0.4, -0.2) is 24.3 Å². The monoisotopic (exact) mass is 388 g/mol. The number of thioether (sulfide) groups is 1. The lowest BCUT2D eigenvalue weighted by molar-refractivity contribution is -0.113. The summed E-state index contributed by atoms with van der Waals surface area (Å²) in [6.45, 7) is 2.74. The van der Waals surface area contributed by atoms with E-state index < -0.39 is 0 Å². The van der Waals surface area contributed by atoms with Crippen molar-refractivity contribution in [3.8, 4) is 11.5 Å². The molecule has 1 aliphatic rings. The second-order valence-corrected chi connectivity index (χ2v) is 7.01. The number of aliphatic imine (C=N–C) groups is 1. The first-order valence-corrected chi connectivity index (χ1v) is 9.11. The zero-order valence-electron chi connectivity index (χ0n) is 14.1. The lowest BCUT2D eigenvalue weighted by atomic mass is 10.2. The first-order valence-electron chi connectivity index (χ1n) is 7.92. The number of rotatable bonds is 6. The Labute approximate surface area is 160 Å². The molecule has 134 valence electrons. The van der Waals surface area contributed by atoms with E-state index in [1.54, 1.807) is 24.3 Å². The zero-order valence-corrected chi connectivity index (χ0v) is 15.6. The smallest absolute Gasteiger partial charge is 0.286 e. The van der Waals surface area contributed by atoms with E-state index in [-0.39, 0.29) is 11.1 Å². The molecule has 26 heavy (non-hydrogen) atoms. The van der Waals surface area contributed by atoms with Gasteiger partial charge in [-0.2, -0.15) is 4.99 Å². The molecule has 0 bridgehead atoms. The number of amidine groups is 1. The predicted molar refractivity (Wildman–Crippen MR) is 106 cm³/mol. The number of para-hydroxylation sites is 1. The molecule has 0 unspecified atom stereocenters. The Morgan fingerprint density at radius 1 is 1.15 bits per heavy atom. The lowest BCUT2D eigenvalue weighted by Gasteiger charge is -2.12. The lowest BCUT2D eigenvalue weighted by Crippen LogP contribution is -2.10. The quantitative estimate of drug-likeness (QED) is 0.597. The minimum atomic E-state index is -0.360. The van der Waals surface area contributed by atoms with Crippen LogP contribution in [0.1, 0.15) is 11.1 Å². The number of ether oxygens (including phenoxy) is 2. The van der Waals surface area contributed by atoms with Gasteiger partial charge in [-0.05, 0) is 54.6 Å². The van der Waals surface area contributed by atoms with Crippen LogP contribution in [0, 0.1) is 6.92 Å². The summed E-state index contributed by atoms with van der Waals surface area (Å²) < 4.78 is 11.5. The zero-order chi connectivity index (χ0) is 18.5. The number of benzene rings is 2. The van der Waals surface area contributed by atoms with Gasteiger partial charge in [-0.25, -0.2) is 0 Å². The van der Waals surface area contributed by atoms with Crippen LogP contribution in [0.15, 0.2) is 52.4 Å². The second-order valence-electron chi connectivity index (χ2n) is 5.51. The highest BCUT2D eigenvalue weighted by Crippen LogP contribution is 2.31. The van der Waals surface area contributed by atoms with Gasteiger partial charge in [0.05, 0.1) is 4.91 Å². The van der Waals surface area contributed by atoms with E-state index in [9.17, 15) is 4.79 Å². The molecular formula is C19H17ClN2O3S. The average Bonchev–Trinajstić information content (AvgIpc) is 2.92. The number of nitrogens with zero attached hydrogens (tertiary/aromatic N) is 1. The van der Waals surface area contributed by atoms with Crippen molar-refractivity contribution in [2.24, 2.45) is 10.7 Å². The summed E-state index contributed by atoms with van der Waals surface area (Å²) in [4.78, 5) is 15.9. The summed E-state index contributed by atoms with van der Waals surface area (Å²) in [6, 6.07) is 13.0. The van der Waals surface area contributed by atoms with Crippen LogP contribution in [0.3, 0.4) is 0 Å². The highest BCUT2D eigenvalue weighted by molar-refractivity contribution is 8.18. The van der Waals surface area contributed by atoms with Crippen LogP contribution in [0.4, 0.5) is 0 Å². The third-order valence-electron chi connectivity index (χ3n) is 3.59. The Balaban J connectivity index is 1.66. The number of aryl methyl sites for hydroxylation is 1. The predicted octanol–water partition coefficient (Wildman–Crippen LogP) is 4.04. The van der Waals surface area contributed by atoms with Gasteiger partial charge in [-0.1, -0.05) is 29.8 Å². The van der Waals surface area contributed by atoms with Gasteiger partial charge in [0.25, 0.3) is 5.91 Å². The summed E-state index contributed by atoms with van der Waals surface area (Å²) in [7, 11) is 0. The van der Waals surface area contributed by atoms with E-state index in [1.807, 2.05) is 31.2 Å². The topological polar surface area (TPSA) is 73.9 Å². The summed E-state index contributed by atoms with van der Waals surface area (Å²) in [6.07, 6.45) is 1.68. The molecule has 2 aromatic carbocycles. The highest BCUT2D eigenvalue weighted by Gasteiger charge is 2.20. The Morgan fingerprint density at radius 2 is 1.88 bits per heavy atom. The molecule has 3 rings (SSSR count). The molecule has 0 radical (unpaired) electrons. The summed E-state index contributed by atoms with van der Waals surface area (Å²) in [5.74, 6) is 1.07. The van der Waals surface area contributed by atoms with Crippen LogP contribution in [0.2, 0.25) is 5.02 Å². The normalized spacial score (nSPS) is 15.2. The molecule has 5 nitrogen and oxygen atoms in total.